The van der Waals surface area contributed by atoms with Gasteiger partial charge in [-0.05, 0) is 52.9 Å². The molecule has 1 aliphatic rings. The second-order valence-electron chi connectivity index (χ2n) is 5.72. The van der Waals surface area contributed by atoms with Crippen molar-refractivity contribution in [3.63, 3.8) is 0 Å². The van der Waals surface area contributed by atoms with Crippen molar-refractivity contribution in [2.75, 3.05) is 6.61 Å². The summed E-state index contributed by atoms with van der Waals surface area (Å²) in [6.45, 7) is 2.06. The molecule has 0 radical (unpaired) electrons. The lowest BCUT2D eigenvalue weighted by Crippen LogP contribution is -2.53. The second-order valence-corrected chi connectivity index (χ2v) is 6.57. The Kier molecular flexibility index (Phi) is 4.81. The van der Waals surface area contributed by atoms with Gasteiger partial charge in [-0.15, -0.1) is 0 Å². The number of halogens is 2. The maximum atomic E-state index is 13.1. The highest BCUT2D eigenvalue weighted by Gasteiger charge is 2.36. The van der Waals surface area contributed by atoms with Gasteiger partial charge in [0.25, 0.3) is 5.91 Å². The minimum atomic E-state index is -0.553. The standard InChI is InChI=1S/C15H19BrFNO2/c1-10-3-2-6-15(8-10,9-19)18-14(20)12-5-4-11(17)7-13(12)16/h4-5,7,10,19H,2-3,6,8-9H2,1H3,(H,18,20). The van der Waals surface area contributed by atoms with Crippen LogP contribution >= 0.6 is 15.9 Å². The monoisotopic (exact) mass is 343 g/mol. The van der Waals surface area contributed by atoms with E-state index in [1.807, 2.05) is 0 Å². The van der Waals surface area contributed by atoms with Gasteiger partial charge in [-0.1, -0.05) is 19.8 Å². The molecule has 0 aromatic heterocycles. The van der Waals surface area contributed by atoms with E-state index in [-0.39, 0.29) is 12.5 Å². The van der Waals surface area contributed by atoms with Gasteiger partial charge in [-0.3, -0.25) is 4.79 Å². The first kappa shape index (κ1) is 15.4. The summed E-state index contributed by atoms with van der Waals surface area (Å²) >= 11 is 3.20. The van der Waals surface area contributed by atoms with Crippen LogP contribution in [0.25, 0.3) is 0 Å². The first-order valence-electron chi connectivity index (χ1n) is 6.84. The number of aliphatic hydroxyl groups is 1. The van der Waals surface area contributed by atoms with Crippen LogP contribution in [0.1, 0.15) is 43.0 Å². The molecule has 1 amide bonds. The normalized spacial score (nSPS) is 26.3. The summed E-state index contributed by atoms with van der Waals surface area (Å²) in [5.74, 6) is -0.190. The van der Waals surface area contributed by atoms with Crippen molar-refractivity contribution in [1.82, 2.24) is 5.32 Å². The summed E-state index contributed by atoms with van der Waals surface area (Å²) in [5.41, 5.74) is -0.166. The fourth-order valence-corrected chi connectivity index (χ4v) is 3.47. The fraction of sp³-hybridized carbons (Fsp3) is 0.533. The summed E-state index contributed by atoms with van der Waals surface area (Å²) in [5, 5.41) is 12.6. The quantitative estimate of drug-likeness (QED) is 0.884. The first-order chi connectivity index (χ1) is 9.46. The molecule has 2 N–H and O–H groups in total. The SMILES string of the molecule is CC1CCCC(CO)(NC(=O)c2ccc(F)cc2Br)C1. The van der Waals surface area contributed by atoms with Crippen LogP contribution in [0.5, 0.6) is 0 Å². The molecular weight excluding hydrogens is 325 g/mol. The summed E-state index contributed by atoms with van der Waals surface area (Å²) in [7, 11) is 0. The molecule has 0 saturated heterocycles. The van der Waals surface area contributed by atoms with E-state index in [1.165, 1.54) is 18.2 Å². The third-order valence-corrected chi connectivity index (χ3v) is 4.60. The van der Waals surface area contributed by atoms with Crippen molar-refractivity contribution in [3.05, 3.63) is 34.1 Å². The molecule has 2 atom stereocenters. The molecule has 0 bridgehead atoms. The van der Waals surface area contributed by atoms with Gasteiger partial charge in [0.15, 0.2) is 0 Å². The molecule has 20 heavy (non-hydrogen) atoms. The van der Waals surface area contributed by atoms with Crippen molar-refractivity contribution < 1.29 is 14.3 Å². The molecule has 2 unspecified atom stereocenters. The molecule has 1 fully saturated rings. The van der Waals surface area contributed by atoms with Crippen LogP contribution < -0.4 is 5.32 Å². The Hall–Kier alpha value is -0.940. The predicted molar refractivity (Wildman–Crippen MR) is 79.0 cm³/mol. The van der Waals surface area contributed by atoms with Gasteiger partial charge in [0.05, 0.1) is 17.7 Å². The Balaban J connectivity index is 2.16. The number of nitrogens with one attached hydrogen (secondary N) is 1. The number of carbonyl (C=O) groups is 1. The van der Waals surface area contributed by atoms with E-state index in [0.717, 1.165) is 25.7 Å². The van der Waals surface area contributed by atoms with E-state index in [1.54, 1.807) is 0 Å². The van der Waals surface area contributed by atoms with Crippen LogP contribution in [0, 0.1) is 11.7 Å². The molecule has 5 heteroatoms. The third kappa shape index (κ3) is 3.38. The van der Waals surface area contributed by atoms with E-state index >= 15 is 0 Å². The Bertz CT molecular complexity index is 509. The maximum absolute atomic E-state index is 13.1. The summed E-state index contributed by atoms with van der Waals surface area (Å²) < 4.78 is 13.5. The number of aliphatic hydroxyl groups excluding tert-OH is 1. The lowest BCUT2D eigenvalue weighted by atomic mass is 9.76. The molecular formula is C15H19BrFNO2. The van der Waals surface area contributed by atoms with Gasteiger partial charge >= 0.3 is 0 Å². The van der Waals surface area contributed by atoms with Crippen LogP contribution in [-0.2, 0) is 0 Å². The lowest BCUT2D eigenvalue weighted by Gasteiger charge is -2.39. The van der Waals surface area contributed by atoms with Gasteiger partial charge in [-0.2, -0.15) is 0 Å². The molecule has 3 nitrogen and oxygen atoms in total. The van der Waals surface area contributed by atoms with E-state index in [4.69, 9.17) is 0 Å². The number of hydrogen-bond donors (Lipinski definition) is 2. The van der Waals surface area contributed by atoms with Gasteiger partial charge in [0.2, 0.25) is 0 Å². The van der Waals surface area contributed by atoms with E-state index in [0.29, 0.717) is 16.0 Å². The Morgan fingerprint density at radius 1 is 1.60 bits per heavy atom. The van der Waals surface area contributed by atoms with Crippen molar-refractivity contribution >= 4 is 21.8 Å². The van der Waals surface area contributed by atoms with Crippen molar-refractivity contribution in [3.8, 4) is 0 Å². The molecule has 2 rings (SSSR count). The molecule has 1 aromatic rings. The highest BCUT2D eigenvalue weighted by atomic mass is 79.9. The predicted octanol–water partition coefficient (Wildman–Crippen LogP) is 3.26. The zero-order chi connectivity index (χ0) is 14.8. The molecule has 1 saturated carbocycles. The smallest absolute Gasteiger partial charge is 0.252 e. The summed E-state index contributed by atoms with van der Waals surface area (Å²) in [6.07, 6.45) is 3.66. The molecule has 1 aromatic carbocycles. The molecule has 1 aliphatic carbocycles. The Labute approximate surface area is 126 Å². The van der Waals surface area contributed by atoms with E-state index in [9.17, 15) is 14.3 Å². The van der Waals surface area contributed by atoms with Crippen molar-refractivity contribution in [2.45, 2.75) is 38.1 Å². The van der Waals surface area contributed by atoms with Crippen LogP contribution in [0.4, 0.5) is 4.39 Å². The van der Waals surface area contributed by atoms with Crippen LogP contribution in [-0.4, -0.2) is 23.2 Å². The first-order valence-corrected chi connectivity index (χ1v) is 7.63. The minimum absolute atomic E-state index is 0.0676. The maximum Gasteiger partial charge on any atom is 0.252 e. The number of hydrogen-bond acceptors (Lipinski definition) is 2. The Morgan fingerprint density at radius 2 is 2.35 bits per heavy atom. The molecule has 0 spiro atoms. The molecule has 0 heterocycles. The fourth-order valence-electron chi connectivity index (χ4n) is 2.94. The number of benzene rings is 1. The van der Waals surface area contributed by atoms with E-state index < -0.39 is 11.4 Å². The molecule has 0 aliphatic heterocycles. The summed E-state index contributed by atoms with van der Waals surface area (Å²) in [4.78, 5) is 12.3. The van der Waals surface area contributed by atoms with Gasteiger partial charge in [-0.25, -0.2) is 4.39 Å². The number of amides is 1. The highest BCUT2D eigenvalue weighted by Crippen LogP contribution is 2.32. The average molecular weight is 344 g/mol. The lowest BCUT2D eigenvalue weighted by molar-refractivity contribution is 0.0696. The van der Waals surface area contributed by atoms with Crippen LogP contribution in [0.15, 0.2) is 22.7 Å². The van der Waals surface area contributed by atoms with Gasteiger partial charge in [0.1, 0.15) is 5.82 Å². The molecule has 110 valence electrons. The largest absolute Gasteiger partial charge is 0.394 e. The number of rotatable bonds is 3. The van der Waals surface area contributed by atoms with Crippen LogP contribution in [0.3, 0.4) is 0 Å². The van der Waals surface area contributed by atoms with Crippen molar-refractivity contribution in [2.24, 2.45) is 5.92 Å². The van der Waals surface area contributed by atoms with Crippen molar-refractivity contribution in [1.29, 1.82) is 0 Å². The van der Waals surface area contributed by atoms with Crippen LogP contribution in [0.2, 0.25) is 0 Å². The Morgan fingerprint density at radius 3 is 2.95 bits per heavy atom. The highest BCUT2D eigenvalue weighted by molar-refractivity contribution is 9.10. The van der Waals surface area contributed by atoms with Gasteiger partial charge < -0.3 is 10.4 Å². The zero-order valence-electron chi connectivity index (χ0n) is 11.5. The second kappa shape index (κ2) is 6.22. The average Bonchev–Trinajstić information content (AvgIpc) is 2.38. The topological polar surface area (TPSA) is 49.3 Å². The van der Waals surface area contributed by atoms with E-state index in [2.05, 4.69) is 28.2 Å². The minimum Gasteiger partial charge on any atom is -0.394 e. The summed E-state index contributed by atoms with van der Waals surface area (Å²) in [6, 6.07) is 3.98. The third-order valence-electron chi connectivity index (χ3n) is 3.95. The van der Waals surface area contributed by atoms with Gasteiger partial charge in [0, 0.05) is 4.47 Å². The number of carbonyl (C=O) groups excluding carboxylic acids is 1. The zero-order valence-corrected chi connectivity index (χ0v) is 13.0.